The fraction of sp³-hybridized carbons (Fsp3) is 0.526. The Morgan fingerprint density at radius 2 is 1.84 bits per heavy atom. The Morgan fingerprint density at radius 3 is 2.44 bits per heavy atom. The molecule has 6 heteroatoms. The van der Waals surface area contributed by atoms with Crippen molar-refractivity contribution in [3.63, 3.8) is 0 Å². The minimum atomic E-state index is -0.267. The van der Waals surface area contributed by atoms with E-state index in [0.29, 0.717) is 52.0 Å². The molecule has 0 bridgehead atoms. The summed E-state index contributed by atoms with van der Waals surface area (Å²) in [7, 11) is 0. The number of nitrogens with one attached hydrogen (secondary N) is 1. The van der Waals surface area contributed by atoms with Crippen molar-refractivity contribution >= 4 is 11.8 Å². The van der Waals surface area contributed by atoms with Crippen molar-refractivity contribution in [2.24, 2.45) is 0 Å². The van der Waals surface area contributed by atoms with Crippen molar-refractivity contribution in [3.05, 3.63) is 35.9 Å². The van der Waals surface area contributed by atoms with E-state index in [-0.39, 0.29) is 17.9 Å². The van der Waals surface area contributed by atoms with E-state index in [2.05, 4.69) is 16.3 Å². The van der Waals surface area contributed by atoms with Gasteiger partial charge in [-0.25, -0.2) is 0 Å². The van der Waals surface area contributed by atoms with Crippen LogP contribution in [0, 0.1) is 11.3 Å². The zero-order valence-electron chi connectivity index (χ0n) is 14.8. The molecule has 0 aromatic heterocycles. The average Bonchev–Trinajstić information content (AvgIpc) is 2.64. The second-order valence-corrected chi connectivity index (χ2v) is 6.17. The third-order valence-electron chi connectivity index (χ3n) is 4.44. The SMILES string of the molecule is CCNC(=O)CCCC(=O)N1CCN(C(C#N)c2ccccc2)CC1. The van der Waals surface area contributed by atoms with E-state index in [1.54, 1.807) is 0 Å². The molecule has 0 aliphatic carbocycles. The molecule has 0 saturated carbocycles. The zero-order chi connectivity index (χ0) is 18.1. The average molecular weight is 342 g/mol. The van der Waals surface area contributed by atoms with Crippen LogP contribution in [-0.2, 0) is 9.59 Å². The molecule has 1 aliphatic heterocycles. The van der Waals surface area contributed by atoms with Gasteiger partial charge in [-0.3, -0.25) is 14.5 Å². The molecule has 0 spiro atoms. The van der Waals surface area contributed by atoms with Crippen LogP contribution >= 0.6 is 0 Å². The molecule has 1 fully saturated rings. The lowest BCUT2D eigenvalue weighted by Crippen LogP contribution is -2.49. The number of amides is 2. The van der Waals surface area contributed by atoms with Crippen LogP contribution in [0.15, 0.2) is 30.3 Å². The molecule has 1 heterocycles. The quantitative estimate of drug-likeness (QED) is 0.818. The highest BCUT2D eigenvalue weighted by molar-refractivity contribution is 5.79. The summed E-state index contributed by atoms with van der Waals surface area (Å²) in [5.41, 5.74) is 0.992. The first-order chi connectivity index (χ1) is 12.2. The number of hydrogen-bond acceptors (Lipinski definition) is 4. The van der Waals surface area contributed by atoms with Gasteiger partial charge in [0.05, 0.1) is 6.07 Å². The van der Waals surface area contributed by atoms with Gasteiger partial charge in [0.2, 0.25) is 11.8 Å². The number of benzene rings is 1. The highest BCUT2D eigenvalue weighted by Crippen LogP contribution is 2.21. The molecule has 6 nitrogen and oxygen atoms in total. The molecule has 0 radical (unpaired) electrons. The van der Waals surface area contributed by atoms with Gasteiger partial charge < -0.3 is 10.2 Å². The first kappa shape index (κ1) is 18.9. The van der Waals surface area contributed by atoms with E-state index >= 15 is 0 Å². The molecule has 2 rings (SSSR count). The van der Waals surface area contributed by atoms with Crippen LogP contribution in [0.2, 0.25) is 0 Å². The number of rotatable bonds is 7. The van der Waals surface area contributed by atoms with Crippen LogP contribution in [0.4, 0.5) is 0 Å². The molecule has 1 N–H and O–H groups in total. The van der Waals surface area contributed by atoms with Crippen molar-refractivity contribution < 1.29 is 9.59 Å². The normalized spacial score (nSPS) is 16.1. The monoisotopic (exact) mass is 342 g/mol. The predicted molar refractivity (Wildman–Crippen MR) is 95.5 cm³/mol. The fourth-order valence-electron chi connectivity index (χ4n) is 3.08. The zero-order valence-corrected chi connectivity index (χ0v) is 14.8. The van der Waals surface area contributed by atoms with Gasteiger partial charge in [0, 0.05) is 45.6 Å². The Morgan fingerprint density at radius 1 is 1.16 bits per heavy atom. The van der Waals surface area contributed by atoms with Crippen LogP contribution in [0.25, 0.3) is 0 Å². The van der Waals surface area contributed by atoms with E-state index in [0.717, 1.165) is 5.56 Å². The summed E-state index contributed by atoms with van der Waals surface area (Å²) in [6.07, 6.45) is 1.37. The van der Waals surface area contributed by atoms with E-state index in [4.69, 9.17) is 0 Å². The van der Waals surface area contributed by atoms with Crippen molar-refractivity contribution in [1.82, 2.24) is 15.1 Å². The molecule has 2 amide bonds. The van der Waals surface area contributed by atoms with E-state index in [1.807, 2.05) is 42.2 Å². The first-order valence-electron chi connectivity index (χ1n) is 8.88. The Hall–Kier alpha value is -2.39. The van der Waals surface area contributed by atoms with Crippen LogP contribution < -0.4 is 5.32 Å². The number of carbonyl (C=O) groups is 2. The number of piperazine rings is 1. The summed E-state index contributed by atoms with van der Waals surface area (Å²) < 4.78 is 0. The Balaban J connectivity index is 1.78. The molecule has 1 saturated heterocycles. The minimum absolute atomic E-state index is 0.000146. The molecule has 1 atom stereocenters. The van der Waals surface area contributed by atoms with Gasteiger partial charge in [0.15, 0.2) is 0 Å². The lowest BCUT2D eigenvalue weighted by molar-refractivity contribution is -0.133. The summed E-state index contributed by atoms with van der Waals surface area (Å²) >= 11 is 0. The summed E-state index contributed by atoms with van der Waals surface area (Å²) in [5, 5.41) is 12.2. The number of carbonyl (C=O) groups excluding carboxylic acids is 2. The maximum atomic E-state index is 12.3. The number of nitriles is 1. The van der Waals surface area contributed by atoms with E-state index in [9.17, 15) is 14.9 Å². The van der Waals surface area contributed by atoms with Gasteiger partial charge in [-0.15, -0.1) is 0 Å². The number of hydrogen-bond donors (Lipinski definition) is 1. The lowest BCUT2D eigenvalue weighted by Gasteiger charge is -2.37. The molecule has 1 unspecified atom stereocenters. The van der Waals surface area contributed by atoms with Crippen LogP contribution in [0.5, 0.6) is 0 Å². The highest BCUT2D eigenvalue weighted by atomic mass is 16.2. The van der Waals surface area contributed by atoms with Gasteiger partial charge in [-0.2, -0.15) is 5.26 Å². The van der Waals surface area contributed by atoms with Crippen molar-refractivity contribution in [3.8, 4) is 6.07 Å². The standard InChI is InChI=1S/C19H26N4O2/c1-2-21-18(24)9-6-10-19(25)23-13-11-22(12-14-23)17(15-20)16-7-4-3-5-8-16/h3-5,7-8,17H,2,6,9-14H2,1H3,(H,21,24). The van der Waals surface area contributed by atoms with Crippen LogP contribution in [0.1, 0.15) is 37.8 Å². The summed E-state index contributed by atoms with van der Waals surface area (Å²) in [5.74, 6) is 0.0945. The van der Waals surface area contributed by atoms with Gasteiger partial charge in [-0.1, -0.05) is 30.3 Å². The topological polar surface area (TPSA) is 76.4 Å². The van der Waals surface area contributed by atoms with E-state index in [1.165, 1.54) is 0 Å². The summed E-state index contributed by atoms with van der Waals surface area (Å²) in [4.78, 5) is 27.6. The van der Waals surface area contributed by atoms with Gasteiger partial charge in [0.25, 0.3) is 0 Å². The Labute approximate surface area is 149 Å². The van der Waals surface area contributed by atoms with Gasteiger partial charge in [-0.05, 0) is 18.9 Å². The van der Waals surface area contributed by atoms with Gasteiger partial charge in [0.1, 0.15) is 6.04 Å². The third-order valence-corrected chi connectivity index (χ3v) is 4.44. The predicted octanol–water partition coefficient (Wildman–Crippen LogP) is 1.70. The maximum absolute atomic E-state index is 12.3. The van der Waals surface area contributed by atoms with Crippen LogP contribution in [-0.4, -0.2) is 54.3 Å². The molecular weight excluding hydrogens is 316 g/mol. The molecule has 25 heavy (non-hydrogen) atoms. The second-order valence-electron chi connectivity index (χ2n) is 6.17. The van der Waals surface area contributed by atoms with Crippen molar-refractivity contribution in [2.45, 2.75) is 32.2 Å². The smallest absolute Gasteiger partial charge is 0.222 e. The minimum Gasteiger partial charge on any atom is -0.356 e. The first-order valence-corrected chi connectivity index (χ1v) is 8.88. The van der Waals surface area contributed by atoms with Crippen molar-refractivity contribution in [2.75, 3.05) is 32.7 Å². The second kappa shape index (κ2) is 9.80. The Kier molecular flexibility index (Phi) is 7.42. The summed E-state index contributed by atoms with van der Waals surface area (Å²) in [6.45, 7) is 5.14. The van der Waals surface area contributed by atoms with Crippen molar-refractivity contribution in [1.29, 1.82) is 5.26 Å². The molecule has 1 aliphatic rings. The molecule has 1 aromatic carbocycles. The van der Waals surface area contributed by atoms with Gasteiger partial charge >= 0.3 is 0 Å². The van der Waals surface area contributed by atoms with Crippen LogP contribution in [0.3, 0.4) is 0 Å². The van der Waals surface area contributed by atoms with E-state index < -0.39 is 0 Å². The fourth-order valence-corrected chi connectivity index (χ4v) is 3.08. The number of nitrogens with zero attached hydrogens (tertiary/aromatic N) is 3. The molecule has 134 valence electrons. The molecular formula is C19H26N4O2. The third kappa shape index (κ3) is 5.57. The maximum Gasteiger partial charge on any atom is 0.222 e. The summed E-state index contributed by atoms with van der Waals surface area (Å²) in [6, 6.07) is 11.8. The Bertz CT molecular complexity index is 604. The largest absolute Gasteiger partial charge is 0.356 e. The molecule has 1 aromatic rings. The lowest BCUT2D eigenvalue weighted by atomic mass is 10.1. The highest BCUT2D eigenvalue weighted by Gasteiger charge is 2.26.